The highest BCUT2D eigenvalue weighted by Gasteiger charge is 2.01. The van der Waals surface area contributed by atoms with E-state index >= 15 is 0 Å². The molecule has 0 aliphatic carbocycles. The van der Waals surface area contributed by atoms with Crippen molar-refractivity contribution in [3.8, 4) is 0 Å². The molecular formula is C12H20N2O. The van der Waals surface area contributed by atoms with Gasteiger partial charge in [-0.05, 0) is 7.05 Å². The molecule has 1 aromatic rings. The van der Waals surface area contributed by atoms with Crippen molar-refractivity contribution in [1.29, 1.82) is 0 Å². The predicted molar refractivity (Wildman–Crippen MR) is 65.3 cm³/mol. The zero-order chi connectivity index (χ0) is 11.5. The Morgan fingerprint density at radius 2 is 1.87 bits per heavy atom. The van der Waals surface area contributed by atoms with Gasteiger partial charge >= 0.3 is 0 Å². The lowest BCUT2D eigenvalue weighted by Gasteiger charge is -2.03. The summed E-state index contributed by atoms with van der Waals surface area (Å²) in [5.74, 6) is 0. The highest BCUT2D eigenvalue weighted by molar-refractivity contribution is 6.01. The van der Waals surface area contributed by atoms with Gasteiger partial charge in [-0.3, -0.25) is 0 Å². The van der Waals surface area contributed by atoms with Crippen molar-refractivity contribution in [3.05, 3.63) is 35.9 Å². The van der Waals surface area contributed by atoms with E-state index in [0.29, 0.717) is 6.54 Å². The molecule has 3 nitrogen and oxygen atoms in total. The van der Waals surface area contributed by atoms with Gasteiger partial charge in [0.05, 0.1) is 0 Å². The highest BCUT2D eigenvalue weighted by Crippen LogP contribution is 2.00. The fraction of sp³-hybridized carbons (Fsp3) is 0.417. The first kappa shape index (κ1) is 13.7. The maximum absolute atomic E-state index is 4.76. The second kappa shape index (κ2) is 9.21. The third kappa shape index (κ3) is 5.18. The standard InChI is InChI=1S/C10H14N2O.C2H6/c1-11-8-10(12-13-2)9-6-4-3-5-7-9;1-2/h3-7,11H,8H2,1-2H3;1-2H3/b12-10+;. The van der Waals surface area contributed by atoms with Gasteiger partial charge < -0.3 is 10.2 Å². The third-order valence-corrected chi connectivity index (χ3v) is 1.65. The van der Waals surface area contributed by atoms with Gasteiger partial charge in [-0.25, -0.2) is 0 Å². The van der Waals surface area contributed by atoms with Crippen LogP contribution in [0.5, 0.6) is 0 Å². The number of benzene rings is 1. The van der Waals surface area contributed by atoms with Crippen LogP contribution in [0.1, 0.15) is 19.4 Å². The quantitative estimate of drug-likeness (QED) is 0.608. The number of nitrogens with one attached hydrogen (secondary N) is 1. The van der Waals surface area contributed by atoms with Crippen LogP contribution in [0, 0.1) is 0 Å². The van der Waals surface area contributed by atoms with Crippen LogP contribution in [-0.4, -0.2) is 26.4 Å². The van der Waals surface area contributed by atoms with Gasteiger partial charge in [0.25, 0.3) is 0 Å². The Morgan fingerprint density at radius 1 is 1.27 bits per heavy atom. The smallest absolute Gasteiger partial charge is 0.106 e. The summed E-state index contributed by atoms with van der Waals surface area (Å²) in [6.45, 7) is 4.71. The molecular weight excluding hydrogens is 188 g/mol. The van der Waals surface area contributed by atoms with Gasteiger partial charge in [-0.15, -0.1) is 0 Å². The van der Waals surface area contributed by atoms with Crippen LogP contribution in [0.3, 0.4) is 0 Å². The molecule has 0 atom stereocenters. The molecule has 0 aliphatic heterocycles. The summed E-state index contributed by atoms with van der Waals surface area (Å²) in [5.41, 5.74) is 1.99. The van der Waals surface area contributed by atoms with E-state index in [4.69, 9.17) is 4.84 Å². The number of hydrogen-bond donors (Lipinski definition) is 1. The summed E-state index contributed by atoms with van der Waals surface area (Å²) in [4.78, 5) is 4.76. The van der Waals surface area contributed by atoms with Crippen LogP contribution in [0.2, 0.25) is 0 Å². The molecule has 0 heterocycles. The van der Waals surface area contributed by atoms with Crippen molar-refractivity contribution in [2.45, 2.75) is 13.8 Å². The number of likely N-dealkylation sites (N-methyl/N-ethyl adjacent to an activating group) is 1. The largest absolute Gasteiger partial charge is 0.399 e. The first-order valence-electron chi connectivity index (χ1n) is 5.18. The Hall–Kier alpha value is -1.35. The van der Waals surface area contributed by atoms with Crippen LogP contribution in [0.25, 0.3) is 0 Å². The minimum atomic E-state index is 0.706. The summed E-state index contributed by atoms with van der Waals surface area (Å²) in [6, 6.07) is 9.96. The maximum Gasteiger partial charge on any atom is 0.106 e. The highest BCUT2D eigenvalue weighted by atomic mass is 16.6. The molecule has 1 rings (SSSR count). The minimum absolute atomic E-state index is 0.706. The van der Waals surface area contributed by atoms with Gasteiger partial charge in [0.15, 0.2) is 0 Å². The first-order valence-corrected chi connectivity index (χ1v) is 5.18. The summed E-state index contributed by atoms with van der Waals surface area (Å²) >= 11 is 0. The number of hydrogen-bond acceptors (Lipinski definition) is 3. The van der Waals surface area contributed by atoms with E-state index in [1.807, 2.05) is 51.2 Å². The summed E-state index contributed by atoms with van der Waals surface area (Å²) in [6.07, 6.45) is 0. The molecule has 1 aromatic carbocycles. The fourth-order valence-electron chi connectivity index (χ4n) is 1.10. The predicted octanol–water partition coefficient (Wildman–Crippen LogP) is 2.28. The number of rotatable bonds is 4. The molecule has 1 N–H and O–H groups in total. The average Bonchev–Trinajstić information content (AvgIpc) is 2.33. The van der Waals surface area contributed by atoms with E-state index in [9.17, 15) is 0 Å². The molecule has 15 heavy (non-hydrogen) atoms. The van der Waals surface area contributed by atoms with Crippen LogP contribution >= 0.6 is 0 Å². The SMILES string of the molecule is CC.CNC/C(=N\OC)c1ccccc1. The van der Waals surface area contributed by atoms with Crippen LogP contribution in [0.4, 0.5) is 0 Å². The third-order valence-electron chi connectivity index (χ3n) is 1.65. The normalized spacial score (nSPS) is 10.3. The van der Waals surface area contributed by atoms with Crippen molar-refractivity contribution in [3.63, 3.8) is 0 Å². The molecule has 0 unspecified atom stereocenters. The van der Waals surface area contributed by atoms with Crippen molar-refractivity contribution >= 4 is 5.71 Å². The summed E-state index contributed by atoms with van der Waals surface area (Å²) in [7, 11) is 3.44. The summed E-state index contributed by atoms with van der Waals surface area (Å²) < 4.78 is 0. The first-order chi connectivity index (χ1) is 7.38. The zero-order valence-corrected chi connectivity index (χ0v) is 9.95. The number of oxime groups is 1. The van der Waals surface area contributed by atoms with Gasteiger partial charge in [0, 0.05) is 12.1 Å². The summed E-state index contributed by atoms with van der Waals surface area (Å²) in [5, 5.41) is 6.98. The van der Waals surface area contributed by atoms with E-state index < -0.39 is 0 Å². The van der Waals surface area contributed by atoms with Gasteiger partial charge in [0.1, 0.15) is 12.8 Å². The molecule has 0 aliphatic rings. The van der Waals surface area contributed by atoms with E-state index in [-0.39, 0.29) is 0 Å². The monoisotopic (exact) mass is 208 g/mol. The topological polar surface area (TPSA) is 33.6 Å². The van der Waals surface area contributed by atoms with E-state index in [1.165, 1.54) is 0 Å². The zero-order valence-electron chi connectivity index (χ0n) is 9.95. The van der Waals surface area contributed by atoms with E-state index in [0.717, 1.165) is 11.3 Å². The molecule has 84 valence electrons. The minimum Gasteiger partial charge on any atom is -0.399 e. The van der Waals surface area contributed by atoms with Gasteiger partial charge in [-0.1, -0.05) is 49.3 Å². The Labute approximate surface area is 92.1 Å². The van der Waals surface area contributed by atoms with Crippen LogP contribution in [0.15, 0.2) is 35.5 Å². The molecule has 0 fully saturated rings. The van der Waals surface area contributed by atoms with Crippen molar-refractivity contribution in [2.75, 3.05) is 20.7 Å². The van der Waals surface area contributed by atoms with Crippen LogP contribution in [-0.2, 0) is 4.84 Å². The average molecular weight is 208 g/mol. The van der Waals surface area contributed by atoms with Crippen molar-refractivity contribution < 1.29 is 4.84 Å². The number of nitrogens with zero attached hydrogens (tertiary/aromatic N) is 1. The Balaban J connectivity index is 0.000000921. The van der Waals surface area contributed by atoms with Crippen LogP contribution < -0.4 is 5.32 Å². The van der Waals surface area contributed by atoms with Crippen molar-refractivity contribution in [2.24, 2.45) is 5.16 Å². The molecule has 3 heteroatoms. The lowest BCUT2D eigenvalue weighted by atomic mass is 10.1. The van der Waals surface area contributed by atoms with E-state index in [1.54, 1.807) is 7.11 Å². The molecule has 0 radical (unpaired) electrons. The van der Waals surface area contributed by atoms with Gasteiger partial charge in [0.2, 0.25) is 0 Å². The Kier molecular flexibility index (Phi) is 8.39. The van der Waals surface area contributed by atoms with E-state index in [2.05, 4.69) is 10.5 Å². The fourth-order valence-corrected chi connectivity index (χ4v) is 1.10. The van der Waals surface area contributed by atoms with Crippen molar-refractivity contribution in [1.82, 2.24) is 5.32 Å². The molecule has 0 bridgehead atoms. The molecule has 0 aromatic heterocycles. The lowest BCUT2D eigenvalue weighted by molar-refractivity contribution is 0.213. The Bertz CT molecular complexity index is 270. The second-order valence-electron chi connectivity index (χ2n) is 2.62. The molecule has 0 saturated heterocycles. The van der Waals surface area contributed by atoms with Gasteiger partial charge in [-0.2, -0.15) is 0 Å². The maximum atomic E-state index is 4.76. The lowest BCUT2D eigenvalue weighted by Crippen LogP contribution is -2.19. The second-order valence-corrected chi connectivity index (χ2v) is 2.62. The molecule has 0 spiro atoms. The molecule has 0 amide bonds. The Morgan fingerprint density at radius 3 is 2.33 bits per heavy atom. The molecule has 0 saturated carbocycles.